The third-order valence-corrected chi connectivity index (χ3v) is 12.6. The first-order chi connectivity index (χ1) is 34.0. The third kappa shape index (κ3) is 55.6. The fourth-order valence-electron chi connectivity index (χ4n) is 8.26. The van der Waals surface area contributed by atoms with Crippen LogP contribution in [0.4, 0.5) is 0 Å². The van der Waals surface area contributed by atoms with Crippen LogP contribution in [0.15, 0.2) is 72.9 Å². The minimum Gasteiger partial charge on any atom is -0.462 e. The summed E-state index contributed by atoms with van der Waals surface area (Å²) in [5.41, 5.74) is 0. The SMILES string of the molecule is CC/C=C\C/C=C\C/C=C\CCCCCCCC(=O)OC(COC(=O)CCCCCCC/C=C\C/C=C\CCC)COC(=O)CCCCCCCCCCCCC/C=C\CCCCCCCCCC. The van der Waals surface area contributed by atoms with Crippen molar-refractivity contribution in [3.8, 4) is 0 Å². The smallest absolute Gasteiger partial charge is 0.306 e. The van der Waals surface area contributed by atoms with Gasteiger partial charge in [-0.3, -0.25) is 14.4 Å². The Kier molecular flexibility index (Phi) is 54.8. The molecule has 0 saturated carbocycles. The molecule has 1 unspecified atom stereocenters. The van der Waals surface area contributed by atoms with Gasteiger partial charge in [-0.1, -0.05) is 241 Å². The Morgan fingerprint density at radius 1 is 0.304 bits per heavy atom. The zero-order valence-corrected chi connectivity index (χ0v) is 45.6. The van der Waals surface area contributed by atoms with Gasteiger partial charge in [0.2, 0.25) is 0 Å². The van der Waals surface area contributed by atoms with Crippen LogP contribution in [0.3, 0.4) is 0 Å². The predicted octanol–water partition coefficient (Wildman–Crippen LogP) is 19.8. The van der Waals surface area contributed by atoms with Gasteiger partial charge in [0, 0.05) is 19.3 Å². The Bertz CT molecular complexity index is 1290. The highest BCUT2D eigenvalue weighted by molar-refractivity contribution is 5.71. The third-order valence-electron chi connectivity index (χ3n) is 12.6. The van der Waals surface area contributed by atoms with E-state index in [-0.39, 0.29) is 31.1 Å². The van der Waals surface area contributed by atoms with Crippen molar-refractivity contribution in [3.05, 3.63) is 72.9 Å². The van der Waals surface area contributed by atoms with Crippen molar-refractivity contribution in [2.75, 3.05) is 13.2 Å². The van der Waals surface area contributed by atoms with Crippen molar-refractivity contribution in [1.82, 2.24) is 0 Å². The fraction of sp³-hybridized carbons (Fsp3) is 0.762. The van der Waals surface area contributed by atoms with Gasteiger partial charge < -0.3 is 14.2 Å². The summed E-state index contributed by atoms with van der Waals surface area (Å²) in [5.74, 6) is -0.912. The molecule has 0 aliphatic rings. The van der Waals surface area contributed by atoms with Gasteiger partial charge in [0.1, 0.15) is 13.2 Å². The van der Waals surface area contributed by atoms with Gasteiger partial charge in [0.05, 0.1) is 0 Å². The molecule has 0 saturated heterocycles. The first-order valence-corrected chi connectivity index (χ1v) is 29.4. The van der Waals surface area contributed by atoms with Crippen molar-refractivity contribution in [2.45, 2.75) is 297 Å². The number of carbonyl (C=O) groups is 3. The first-order valence-electron chi connectivity index (χ1n) is 29.4. The van der Waals surface area contributed by atoms with Crippen LogP contribution in [-0.2, 0) is 28.6 Å². The van der Waals surface area contributed by atoms with Crippen LogP contribution in [0.1, 0.15) is 290 Å². The van der Waals surface area contributed by atoms with Gasteiger partial charge in [-0.15, -0.1) is 0 Å². The Morgan fingerprint density at radius 2 is 0.594 bits per heavy atom. The second kappa shape index (κ2) is 57.4. The highest BCUT2D eigenvalue weighted by Crippen LogP contribution is 2.16. The van der Waals surface area contributed by atoms with E-state index in [9.17, 15) is 14.4 Å². The van der Waals surface area contributed by atoms with Crippen LogP contribution >= 0.6 is 0 Å². The Labute approximate surface area is 427 Å². The molecule has 0 spiro atoms. The summed E-state index contributed by atoms with van der Waals surface area (Å²) in [6.45, 7) is 6.46. The Balaban J connectivity index is 4.32. The monoisotopic (exact) mass is 963 g/mol. The molecule has 6 heteroatoms. The molecule has 0 heterocycles. The molecule has 0 aromatic rings. The van der Waals surface area contributed by atoms with Crippen molar-refractivity contribution >= 4 is 17.9 Å². The summed E-state index contributed by atoms with van der Waals surface area (Å²) in [4.78, 5) is 38.1. The lowest BCUT2D eigenvalue weighted by molar-refractivity contribution is -0.167. The van der Waals surface area contributed by atoms with Crippen LogP contribution < -0.4 is 0 Å². The van der Waals surface area contributed by atoms with Crippen LogP contribution in [0.25, 0.3) is 0 Å². The average molecular weight is 964 g/mol. The van der Waals surface area contributed by atoms with Crippen molar-refractivity contribution < 1.29 is 28.6 Å². The van der Waals surface area contributed by atoms with E-state index in [1.165, 1.54) is 122 Å². The number of rotatable bonds is 53. The van der Waals surface area contributed by atoms with E-state index >= 15 is 0 Å². The molecule has 6 nitrogen and oxygen atoms in total. The molecule has 398 valence electrons. The minimum atomic E-state index is -0.791. The van der Waals surface area contributed by atoms with Crippen LogP contribution in [0, 0.1) is 0 Å². The summed E-state index contributed by atoms with van der Waals surface area (Å²) >= 11 is 0. The molecule has 0 rings (SSSR count). The second-order valence-corrected chi connectivity index (χ2v) is 19.5. The van der Waals surface area contributed by atoms with Gasteiger partial charge >= 0.3 is 17.9 Å². The molecule has 0 aliphatic carbocycles. The normalized spacial score (nSPS) is 12.6. The van der Waals surface area contributed by atoms with E-state index in [4.69, 9.17) is 14.2 Å². The number of ether oxygens (including phenoxy) is 3. The lowest BCUT2D eigenvalue weighted by Crippen LogP contribution is -2.30. The number of unbranched alkanes of at least 4 members (excludes halogenated alkanes) is 30. The van der Waals surface area contributed by atoms with Crippen LogP contribution in [0.2, 0.25) is 0 Å². The van der Waals surface area contributed by atoms with Crippen LogP contribution in [0.5, 0.6) is 0 Å². The Hall–Kier alpha value is -3.15. The molecule has 0 aliphatic heterocycles. The van der Waals surface area contributed by atoms with E-state index in [1.54, 1.807) is 0 Å². The molecule has 0 N–H and O–H groups in total. The summed E-state index contributed by atoms with van der Waals surface area (Å²) in [6.07, 6.45) is 73.3. The number of hydrogen-bond donors (Lipinski definition) is 0. The second-order valence-electron chi connectivity index (χ2n) is 19.5. The lowest BCUT2D eigenvalue weighted by Gasteiger charge is -2.18. The highest BCUT2D eigenvalue weighted by atomic mass is 16.6. The summed E-state index contributed by atoms with van der Waals surface area (Å²) in [6, 6.07) is 0. The number of esters is 3. The largest absolute Gasteiger partial charge is 0.462 e. The maximum absolute atomic E-state index is 12.8. The maximum Gasteiger partial charge on any atom is 0.306 e. The number of carbonyl (C=O) groups excluding carboxylic acids is 3. The van der Waals surface area contributed by atoms with E-state index in [0.29, 0.717) is 19.3 Å². The van der Waals surface area contributed by atoms with E-state index in [2.05, 4.69) is 93.7 Å². The van der Waals surface area contributed by atoms with Gasteiger partial charge in [0.15, 0.2) is 6.10 Å². The molecule has 0 amide bonds. The standard InChI is InChI=1S/C63H110O6/c1-4-7-10-13-16-19-22-25-27-28-29-30-31-32-33-34-36-38-41-44-47-50-53-56-62(65)68-59-60(58-67-61(64)55-52-49-46-43-40-37-24-21-18-15-12-9-6-3)69-63(66)57-54-51-48-45-42-39-35-26-23-20-17-14-11-8-5-2/h8,11-12,15,17,20-21,24,26,28-29,35,60H,4-7,9-10,13-14,16,18-19,22-23,25,27,30-34,36-59H2,1-3H3/b11-8-,15-12-,20-17-,24-21-,29-28-,35-26-. The topological polar surface area (TPSA) is 78.9 Å². The number of allylic oxidation sites excluding steroid dienone is 12. The zero-order valence-electron chi connectivity index (χ0n) is 45.6. The highest BCUT2D eigenvalue weighted by Gasteiger charge is 2.19. The molecule has 0 radical (unpaired) electrons. The number of hydrogen-bond acceptors (Lipinski definition) is 6. The minimum absolute atomic E-state index is 0.0867. The quantitative estimate of drug-likeness (QED) is 0.0262. The van der Waals surface area contributed by atoms with E-state index in [0.717, 1.165) is 128 Å². The van der Waals surface area contributed by atoms with Crippen molar-refractivity contribution in [3.63, 3.8) is 0 Å². The maximum atomic E-state index is 12.8. The van der Waals surface area contributed by atoms with Gasteiger partial charge in [-0.2, -0.15) is 0 Å². The molecule has 0 aromatic carbocycles. The van der Waals surface area contributed by atoms with Gasteiger partial charge in [-0.05, 0) is 103 Å². The predicted molar refractivity (Wildman–Crippen MR) is 298 cm³/mol. The molecule has 1 atom stereocenters. The summed E-state index contributed by atoms with van der Waals surface area (Å²) in [7, 11) is 0. The Morgan fingerprint density at radius 3 is 0.957 bits per heavy atom. The molecule has 0 fully saturated rings. The average Bonchev–Trinajstić information content (AvgIpc) is 3.35. The molecular formula is C63H110O6. The van der Waals surface area contributed by atoms with Gasteiger partial charge in [-0.25, -0.2) is 0 Å². The summed E-state index contributed by atoms with van der Waals surface area (Å²) in [5, 5.41) is 0. The van der Waals surface area contributed by atoms with Crippen molar-refractivity contribution in [2.24, 2.45) is 0 Å². The zero-order chi connectivity index (χ0) is 50.0. The molecular weight excluding hydrogens is 853 g/mol. The summed E-state index contributed by atoms with van der Waals surface area (Å²) < 4.78 is 16.8. The molecule has 69 heavy (non-hydrogen) atoms. The molecule has 0 aromatic heterocycles. The van der Waals surface area contributed by atoms with E-state index in [1.807, 2.05) is 0 Å². The van der Waals surface area contributed by atoms with Crippen LogP contribution in [-0.4, -0.2) is 37.2 Å². The lowest BCUT2D eigenvalue weighted by atomic mass is 10.0. The van der Waals surface area contributed by atoms with Crippen molar-refractivity contribution in [1.29, 1.82) is 0 Å². The first kappa shape index (κ1) is 65.8. The van der Waals surface area contributed by atoms with Gasteiger partial charge in [0.25, 0.3) is 0 Å². The van der Waals surface area contributed by atoms with E-state index < -0.39 is 6.10 Å². The fourth-order valence-corrected chi connectivity index (χ4v) is 8.26. The molecule has 0 bridgehead atoms.